The summed E-state index contributed by atoms with van der Waals surface area (Å²) in [6.07, 6.45) is 0. The minimum Gasteiger partial charge on any atom is -0.359 e. The lowest BCUT2D eigenvalue weighted by Crippen LogP contribution is -2.37. The lowest BCUT2D eigenvalue weighted by atomic mass is 10.6. The topological polar surface area (TPSA) is 70.2 Å². The molecule has 1 aromatic heterocycles. The quantitative estimate of drug-likeness (QED) is 0.739. The van der Waals surface area contributed by atoms with E-state index < -0.39 is 0 Å². The van der Waals surface area contributed by atoms with E-state index in [0.717, 1.165) is 11.0 Å². The molecule has 84 valence electrons. The van der Waals surface area contributed by atoms with E-state index in [1.165, 1.54) is 16.4 Å². The largest absolute Gasteiger partial charge is 0.359 e. The Morgan fingerprint density at radius 2 is 2.20 bits per heavy atom. The van der Waals surface area contributed by atoms with Gasteiger partial charge in [-0.25, -0.2) is 9.78 Å². The second kappa shape index (κ2) is 5.50. The maximum atomic E-state index is 11.1. The van der Waals surface area contributed by atoms with Crippen molar-refractivity contribution in [1.82, 2.24) is 19.6 Å². The number of rotatable bonds is 4. The second-order valence-corrected chi connectivity index (χ2v) is 3.95. The van der Waals surface area contributed by atoms with Crippen LogP contribution in [-0.2, 0) is 0 Å². The normalized spacial score (nSPS) is 9.80. The van der Waals surface area contributed by atoms with Crippen LogP contribution in [0.25, 0.3) is 0 Å². The Kier molecular flexibility index (Phi) is 4.29. The smallest absolute Gasteiger partial charge is 0.316 e. The number of carbonyl (C=O) groups excluding carboxylic acids is 1. The molecule has 0 bridgehead atoms. The number of urea groups is 1. The van der Waals surface area contributed by atoms with Crippen molar-refractivity contribution < 1.29 is 4.79 Å². The van der Waals surface area contributed by atoms with Gasteiger partial charge in [0.05, 0.1) is 0 Å². The van der Waals surface area contributed by atoms with Crippen molar-refractivity contribution in [2.75, 3.05) is 32.5 Å². The van der Waals surface area contributed by atoms with Crippen LogP contribution < -0.4 is 10.6 Å². The van der Waals surface area contributed by atoms with Gasteiger partial charge in [0.2, 0.25) is 5.13 Å². The van der Waals surface area contributed by atoms with E-state index in [2.05, 4.69) is 20.0 Å². The summed E-state index contributed by atoms with van der Waals surface area (Å²) in [6, 6.07) is -0.0924. The maximum Gasteiger partial charge on any atom is 0.316 e. The SMILES string of the molecule is Cc1nsc(NCCNC(=O)N(C)C)n1. The zero-order chi connectivity index (χ0) is 11.3. The third-order valence-corrected chi connectivity index (χ3v) is 2.38. The van der Waals surface area contributed by atoms with Gasteiger partial charge in [-0.1, -0.05) is 0 Å². The van der Waals surface area contributed by atoms with Crippen molar-refractivity contribution in [2.24, 2.45) is 0 Å². The molecule has 0 saturated heterocycles. The van der Waals surface area contributed by atoms with Gasteiger partial charge < -0.3 is 15.5 Å². The molecule has 1 aromatic rings. The molecule has 0 atom stereocenters. The Labute approximate surface area is 92.9 Å². The van der Waals surface area contributed by atoms with Crippen molar-refractivity contribution in [3.63, 3.8) is 0 Å². The molecule has 0 spiro atoms. The molecule has 0 aliphatic rings. The highest BCUT2D eigenvalue weighted by molar-refractivity contribution is 7.09. The number of hydrogen-bond acceptors (Lipinski definition) is 5. The van der Waals surface area contributed by atoms with Gasteiger partial charge in [-0.3, -0.25) is 0 Å². The van der Waals surface area contributed by atoms with Crippen molar-refractivity contribution in [3.05, 3.63) is 5.82 Å². The van der Waals surface area contributed by atoms with E-state index >= 15 is 0 Å². The van der Waals surface area contributed by atoms with Crippen molar-refractivity contribution >= 4 is 22.7 Å². The fourth-order valence-electron chi connectivity index (χ4n) is 0.866. The molecule has 6 nitrogen and oxygen atoms in total. The molecule has 0 saturated carbocycles. The number of aromatic nitrogens is 2. The van der Waals surface area contributed by atoms with E-state index in [-0.39, 0.29) is 6.03 Å². The predicted molar refractivity (Wildman–Crippen MR) is 60.2 cm³/mol. The first-order valence-electron chi connectivity index (χ1n) is 4.59. The summed E-state index contributed by atoms with van der Waals surface area (Å²) in [5.41, 5.74) is 0. The monoisotopic (exact) mass is 229 g/mol. The fourth-order valence-corrected chi connectivity index (χ4v) is 1.46. The summed E-state index contributed by atoms with van der Waals surface area (Å²) in [6.45, 7) is 3.05. The Morgan fingerprint density at radius 3 is 2.73 bits per heavy atom. The number of anilines is 1. The number of aryl methyl sites for hydroxylation is 1. The Balaban J connectivity index is 2.15. The molecule has 7 heteroatoms. The maximum absolute atomic E-state index is 11.1. The van der Waals surface area contributed by atoms with Crippen LogP contribution in [0.2, 0.25) is 0 Å². The molecule has 0 aliphatic carbocycles. The molecular formula is C8H15N5OS. The van der Waals surface area contributed by atoms with Gasteiger partial charge in [-0.15, -0.1) is 0 Å². The molecule has 0 radical (unpaired) electrons. The summed E-state index contributed by atoms with van der Waals surface area (Å²) in [5, 5.41) is 6.60. The molecule has 0 aromatic carbocycles. The van der Waals surface area contributed by atoms with Crippen LogP contribution in [0.3, 0.4) is 0 Å². The highest BCUT2D eigenvalue weighted by Gasteiger charge is 2.01. The van der Waals surface area contributed by atoms with E-state index in [4.69, 9.17) is 0 Å². The molecule has 1 rings (SSSR count). The summed E-state index contributed by atoms with van der Waals surface area (Å²) in [4.78, 5) is 16.8. The fraction of sp³-hybridized carbons (Fsp3) is 0.625. The summed E-state index contributed by atoms with van der Waals surface area (Å²) < 4.78 is 4.03. The van der Waals surface area contributed by atoms with Crippen LogP contribution >= 0.6 is 11.5 Å². The lowest BCUT2D eigenvalue weighted by molar-refractivity contribution is 0.218. The van der Waals surface area contributed by atoms with E-state index in [1.807, 2.05) is 6.92 Å². The van der Waals surface area contributed by atoms with Crippen molar-refractivity contribution in [3.8, 4) is 0 Å². The molecule has 1 heterocycles. The van der Waals surface area contributed by atoms with Crippen molar-refractivity contribution in [1.29, 1.82) is 0 Å². The highest BCUT2D eigenvalue weighted by Crippen LogP contribution is 2.08. The Hall–Kier alpha value is -1.37. The first-order chi connectivity index (χ1) is 7.09. The molecule has 2 amide bonds. The lowest BCUT2D eigenvalue weighted by Gasteiger charge is -2.11. The standard InChI is InChI=1S/C8H15N5OS/c1-6-11-7(15-12-6)9-4-5-10-8(14)13(2)3/h4-5H2,1-3H3,(H,10,14)(H,9,11,12). The van der Waals surface area contributed by atoms with Gasteiger partial charge in [0.1, 0.15) is 5.82 Å². The molecule has 2 N–H and O–H groups in total. The van der Waals surface area contributed by atoms with Gasteiger partial charge in [-0.05, 0) is 6.92 Å². The number of amides is 2. The third kappa shape index (κ3) is 4.11. The van der Waals surface area contributed by atoms with Gasteiger partial charge in [-0.2, -0.15) is 4.37 Å². The second-order valence-electron chi connectivity index (χ2n) is 3.20. The van der Waals surface area contributed by atoms with Crippen LogP contribution in [-0.4, -0.2) is 47.5 Å². The zero-order valence-electron chi connectivity index (χ0n) is 9.07. The van der Waals surface area contributed by atoms with E-state index in [1.54, 1.807) is 14.1 Å². The van der Waals surface area contributed by atoms with Gasteiger partial charge >= 0.3 is 6.03 Å². The van der Waals surface area contributed by atoms with Crippen LogP contribution in [0.4, 0.5) is 9.93 Å². The van der Waals surface area contributed by atoms with E-state index in [9.17, 15) is 4.79 Å². The van der Waals surface area contributed by atoms with Gasteiger partial charge in [0.15, 0.2) is 0 Å². The van der Waals surface area contributed by atoms with Crippen LogP contribution in [0.5, 0.6) is 0 Å². The Bertz CT molecular complexity index is 325. The highest BCUT2D eigenvalue weighted by atomic mass is 32.1. The van der Waals surface area contributed by atoms with Crippen LogP contribution in [0.1, 0.15) is 5.82 Å². The van der Waals surface area contributed by atoms with Crippen molar-refractivity contribution in [2.45, 2.75) is 6.92 Å². The van der Waals surface area contributed by atoms with Gasteiger partial charge in [0, 0.05) is 38.7 Å². The average Bonchev–Trinajstić information content (AvgIpc) is 2.58. The minimum absolute atomic E-state index is 0.0924. The average molecular weight is 229 g/mol. The first kappa shape index (κ1) is 11.7. The summed E-state index contributed by atoms with van der Waals surface area (Å²) in [5.74, 6) is 0.764. The minimum atomic E-state index is -0.0924. The summed E-state index contributed by atoms with van der Waals surface area (Å²) in [7, 11) is 3.41. The molecular weight excluding hydrogens is 214 g/mol. The zero-order valence-corrected chi connectivity index (χ0v) is 9.89. The molecule has 0 aliphatic heterocycles. The predicted octanol–water partition coefficient (Wildman–Crippen LogP) is 0.530. The molecule has 15 heavy (non-hydrogen) atoms. The molecule has 0 unspecified atom stereocenters. The first-order valence-corrected chi connectivity index (χ1v) is 5.36. The third-order valence-electron chi connectivity index (χ3n) is 1.61. The molecule has 0 fully saturated rings. The van der Waals surface area contributed by atoms with E-state index in [0.29, 0.717) is 13.1 Å². The number of hydrogen-bond donors (Lipinski definition) is 2. The number of carbonyl (C=O) groups is 1. The van der Waals surface area contributed by atoms with Gasteiger partial charge in [0.25, 0.3) is 0 Å². The number of nitrogens with one attached hydrogen (secondary N) is 2. The van der Waals surface area contributed by atoms with Crippen LogP contribution in [0.15, 0.2) is 0 Å². The summed E-state index contributed by atoms with van der Waals surface area (Å²) >= 11 is 1.32. The Morgan fingerprint density at radius 1 is 1.47 bits per heavy atom. The number of nitrogens with zero attached hydrogens (tertiary/aromatic N) is 3. The van der Waals surface area contributed by atoms with Crippen LogP contribution in [0, 0.1) is 6.92 Å².